The van der Waals surface area contributed by atoms with E-state index >= 15 is 0 Å². The van der Waals surface area contributed by atoms with Gasteiger partial charge in [-0.3, -0.25) is 14.9 Å². The Morgan fingerprint density at radius 2 is 2.31 bits per heavy atom. The van der Waals surface area contributed by atoms with Crippen LogP contribution < -0.4 is 0 Å². The molecule has 1 aromatic carbocycles. The number of nitro groups is 1. The van der Waals surface area contributed by atoms with Crippen molar-refractivity contribution in [2.45, 2.75) is 6.42 Å². The molecule has 2 rings (SSSR count). The van der Waals surface area contributed by atoms with Crippen LogP contribution in [0.3, 0.4) is 0 Å². The number of non-ortho nitro benzene ring substituents is 1. The van der Waals surface area contributed by atoms with Crippen LogP contribution in [0.1, 0.15) is 5.89 Å². The fourth-order valence-corrected chi connectivity index (χ4v) is 1.33. The smallest absolute Gasteiger partial charge is 0.313 e. The molecule has 0 saturated carbocycles. The van der Waals surface area contributed by atoms with E-state index < -0.39 is 17.3 Å². The molecule has 1 heterocycles. The summed E-state index contributed by atoms with van der Waals surface area (Å²) in [6.45, 7) is 0. The van der Waals surface area contributed by atoms with Crippen molar-refractivity contribution in [2.24, 2.45) is 0 Å². The van der Waals surface area contributed by atoms with Crippen LogP contribution in [0.5, 0.6) is 0 Å². The Morgan fingerprint density at radius 1 is 1.56 bits per heavy atom. The van der Waals surface area contributed by atoms with Crippen LogP contribution in [0.25, 0.3) is 11.1 Å². The molecule has 0 unspecified atom stereocenters. The number of hydrogen-bond donors (Lipinski definition) is 1. The monoisotopic (exact) mass is 222 g/mol. The maximum absolute atomic E-state index is 10.6. The average Bonchev–Trinajstić information content (AvgIpc) is 2.57. The van der Waals surface area contributed by atoms with Crippen molar-refractivity contribution < 1.29 is 19.2 Å². The van der Waals surface area contributed by atoms with Crippen molar-refractivity contribution in [3.05, 3.63) is 34.2 Å². The van der Waals surface area contributed by atoms with Gasteiger partial charge < -0.3 is 9.52 Å². The summed E-state index contributed by atoms with van der Waals surface area (Å²) in [4.78, 5) is 24.3. The van der Waals surface area contributed by atoms with Crippen molar-refractivity contribution in [3.8, 4) is 0 Å². The second kappa shape index (κ2) is 3.61. The van der Waals surface area contributed by atoms with Crippen LogP contribution in [-0.4, -0.2) is 21.0 Å². The summed E-state index contributed by atoms with van der Waals surface area (Å²) in [5, 5.41) is 19.2. The molecule has 0 atom stereocenters. The van der Waals surface area contributed by atoms with Gasteiger partial charge in [0.15, 0.2) is 0 Å². The molecule has 0 aliphatic rings. The van der Waals surface area contributed by atoms with Gasteiger partial charge in [-0.2, -0.15) is 0 Å². The van der Waals surface area contributed by atoms with E-state index in [9.17, 15) is 14.9 Å². The van der Waals surface area contributed by atoms with E-state index in [1.165, 1.54) is 18.2 Å². The fourth-order valence-electron chi connectivity index (χ4n) is 1.33. The molecule has 16 heavy (non-hydrogen) atoms. The number of nitrogens with zero attached hydrogens (tertiary/aromatic N) is 2. The molecular formula is C9H6N2O5. The summed E-state index contributed by atoms with van der Waals surface area (Å²) < 4.78 is 5.04. The zero-order chi connectivity index (χ0) is 11.7. The molecule has 0 aliphatic heterocycles. The minimum absolute atomic E-state index is 0.00347. The quantitative estimate of drug-likeness (QED) is 0.620. The van der Waals surface area contributed by atoms with E-state index in [0.29, 0.717) is 0 Å². The van der Waals surface area contributed by atoms with E-state index in [1.54, 1.807) is 0 Å². The van der Waals surface area contributed by atoms with Crippen LogP contribution in [0.4, 0.5) is 5.69 Å². The first kappa shape index (κ1) is 10.1. The summed E-state index contributed by atoms with van der Waals surface area (Å²) in [5.74, 6) is -1.15. The van der Waals surface area contributed by atoms with E-state index in [0.717, 1.165) is 0 Å². The third-order valence-electron chi connectivity index (χ3n) is 1.94. The van der Waals surface area contributed by atoms with Gasteiger partial charge in [0.05, 0.1) is 4.92 Å². The van der Waals surface area contributed by atoms with Gasteiger partial charge >= 0.3 is 11.7 Å². The van der Waals surface area contributed by atoms with Crippen LogP contribution in [-0.2, 0) is 11.2 Å². The van der Waals surface area contributed by atoms with Crippen molar-refractivity contribution in [3.63, 3.8) is 0 Å². The third kappa shape index (κ3) is 1.70. The van der Waals surface area contributed by atoms with Gasteiger partial charge in [0.2, 0.25) is 11.5 Å². The van der Waals surface area contributed by atoms with Crippen molar-refractivity contribution in [2.75, 3.05) is 0 Å². The number of oxazole rings is 1. The number of aliphatic carboxylic acids is 1. The van der Waals surface area contributed by atoms with Gasteiger partial charge in [-0.15, -0.1) is 0 Å². The molecule has 7 heteroatoms. The maximum Gasteiger partial charge on any atom is 0.313 e. The number of benzene rings is 1. The zero-order valence-corrected chi connectivity index (χ0v) is 7.91. The normalized spacial score (nSPS) is 10.5. The number of carboxylic acid groups (broad SMARTS) is 1. The lowest BCUT2D eigenvalue weighted by atomic mass is 10.3. The highest BCUT2D eigenvalue weighted by molar-refractivity contribution is 5.82. The second-order valence-electron chi connectivity index (χ2n) is 3.06. The Bertz CT molecular complexity index is 574. The SMILES string of the molecule is O=C(O)Cc1nc2cccc([N+](=O)[O-])c2o1. The fraction of sp³-hybridized carbons (Fsp3) is 0.111. The summed E-state index contributed by atoms with van der Waals surface area (Å²) in [5.41, 5.74) is 0.0656. The van der Waals surface area contributed by atoms with E-state index in [1.807, 2.05) is 0 Å². The number of para-hydroxylation sites is 1. The van der Waals surface area contributed by atoms with Crippen LogP contribution in [0.2, 0.25) is 0 Å². The number of aromatic nitrogens is 1. The zero-order valence-electron chi connectivity index (χ0n) is 7.91. The van der Waals surface area contributed by atoms with Gasteiger partial charge in [0, 0.05) is 6.07 Å². The molecule has 0 radical (unpaired) electrons. The highest BCUT2D eigenvalue weighted by atomic mass is 16.6. The molecule has 7 nitrogen and oxygen atoms in total. The molecule has 0 aliphatic carbocycles. The highest BCUT2D eigenvalue weighted by Crippen LogP contribution is 2.25. The maximum atomic E-state index is 10.6. The Balaban J connectivity index is 2.56. The first-order valence-electron chi connectivity index (χ1n) is 4.32. The van der Waals surface area contributed by atoms with Crippen LogP contribution >= 0.6 is 0 Å². The van der Waals surface area contributed by atoms with Crippen LogP contribution in [0.15, 0.2) is 22.6 Å². The molecule has 82 valence electrons. The van der Waals surface area contributed by atoms with E-state index in [-0.39, 0.29) is 22.7 Å². The summed E-state index contributed by atoms with van der Waals surface area (Å²) >= 11 is 0. The minimum Gasteiger partial charge on any atom is -0.481 e. The first-order chi connectivity index (χ1) is 7.58. The van der Waals surface area contributed by atoms with Gasteiger partial charge in [-0.25, -0.2) is 4.98 Å². The molecule has 0 amide bonds. The molecule has 1 N–H and O–H groups in total. The van der Waals surface area contributed by atoms with Crippen molar-refractivity contribution in [1.29, 1.82) is 0 Å². The number of fused-ring (bicyclic) bond motifs is 1. The Morgan fingerprint density at radius 3 is 2.94 bits per heavy atom. The van der Waals surface area contributed by atoms with Gasteiger partial charge in [0.1, 0.15) is 11.9 Å². The molecule has 2 aromatic rings. The lowest BCUT2D eigenvalue weighted by Gasteiger charge is -1.89. The molecule has 0 bridgehead atoms. The summed E-state index contributed by atoms with van der Waals surface area (Å²) in [6, 6.07) is 4.27. The molecule has 0 spiro atoms. The number of carbonyl (C=O) groups is 1. The minimum atomic E-state index is -1.10. The number of carboxylic acids is 1. The van der Waals surface area contributed by atoms with E-state index in [2.05, 4.69) is 4.98 Å². The Hall–Kier alpha value is -2.44. The highest BCUT2D eigenvalue weighted by Gasteiger charge is 2.18. The Labute approximate surface area is 88.5 Å². The summed E-state index contributed by atoms with van der Waals surface area (Å²) in [7, 11) is 0. The summed E-state index contributed by atoms with van der Waals surface area (Å²) in [6.07, 6.45) is -0.397. The number of rotatable bonds is 3. The van der Waals surface area contributed by atoms with Gasteiger partial charge in [-0.05, 0) is 6.07 Å². The van der Waals surface area contributed by atoms with E-state index in [4.69, 9.17) is 9.52 Å². The lowest BCUT2D eigenvalue weighted by molar-refractivity contribution is -0.383. The largest absolute Gasteiger partial charge is 0.481 e. The number of nitro benzene ring substituents is 1. The lowest BCUT2D eigenvalue weighted by Crippen LogP contribution is -1.99. The van der Waals surface area contributed by atoms with Crippen LogP contribution in [0, 0.1) is 10.1 Å². The van der Waals surface area contributed by atoms with Crippen molar-refractivity contribution in [1.82, 2.24) is 4.98 Å². The average molecular weight is 222 g/mol. The third-order valence-corrected chi connectivity index (χ3v) is 1.94. The van der Waals surface area contributed by atoms with Crippen molar-refractivity contribution >= 4 is 22.8 Å². The predicted molar refractivity (Wildman–Crippen MR) is 52.0 cm³/mol. The number of hydrogen-bond acceptors (Lipinski definition) is 5. The molecule has 1 aromatic heterocycles. The molecule has 0 saturated heterocycles. The standard InChI is InChI=1S/C9H6N2O5/c12-8(13)4-7-10-5-2-1-3-6(11(14)15)9(5)16-7/h1-3H,4H2,(H,12,13). The molecular weight excluding hydrogens is 216 g/mol. The predicted octanol–water partition coefficient (Wildman–Crippen LogP) is 1.36. The second-order valence-corrected chi connectivity index (χ2v) is 3.06. The van der Waals surface area contributed by atoms with Gasteiger partial charge in [0.25, 0.3) is 0 Å². The first-order valence-corrected chi connectivity index (χ1v) is 4.32. The Kier molecular flexibility index (Phi) is 2.28. The molecule has 0 fully saturated rings. The van der Waals surface area contributed by atoms with Gasteiger partial charge in [-0.1, -0.05) is 6.07 Å². The topological polar surface area (TPSA) is 106 Å².